The minimum Gasteiger partial charge on any atom is -0.337 e. The number of hydrogen-bond donors (Lipinski definition) is 2. The number of hydrogen-bond acceptors (Lipinski definition) is 2. The van der Waals surface area contributed by atoms with Gasteiger partial charge >= 0.3 is 6.03 Å². The normalized spacial score (nSPS) is 21.0. The summed E-state index contributed by atoms with van der Waals surface area (Å²) in [6.45, 7) is 7.12. The topological polar surface area (TPSA) is 59.0 Å². The lowest BCUT2D eigenvalue weighted by Gasteiger charge is -2.42. The van der Waals surface area contributed by atoms with Crippen LogP contribution in [0.5, 0.6) is 0 Å². The largest absolute Gasteiger partial charge is 0.337 e. The van der Waals surface area contributed by atoms with Gasteiger partial charge in [-0.3, -0.25) is 10.00 Å². The van der Waals surface area contributed by atoms with E-state index in [0.717, 1.165) is 24.6 Å². The molecule has 3 rings (SSSR count). The molecular weight excluding hydrogens is 276 g/mol. The Labute approximate surface area is 132 Å². The van der Waals surface area contributed by atoms with Crippen molar-refractivity contribution >= 4 is 11.8 Å². The highest BCUT2D eigenvalue weighted by atomic mass is 16.2. The zero-order chi connectivity index (χ0) is 15.7. The maximum absolute atomic E-state index is 12.1. The molecule has 0 aliphatic heterocycles. The van der Waals surface area contributed by atoms with Crippen molar-refractivity contribution in [2.24, 2.45) is 11.3 Å². The first kappa shape index (κ1) is 15.4. The van der Waals surface area contributed by atoms with Gasteiger partial charge in [-0.25, -0.2) is 4.79 Å². The molecule has 1 heterocycles. The van der Waals surface area contributed by atoms with Gasteiger partial charge in [-0.1, -0.05) is 13.3 Å². The molecule has 1 atom stereocenters. The van der Waals surface area contributed by atoms with Gasteiger partial charge in [0.15, 0.2) is 5.82 Å². The first-order valence-electron chi connectivity index (χ1n) is 8.65. The van der Waals surface area contributed by atoms with Gasteiger partial charge in [0.2, 0.25) is 0 Å². The Morgan fingerprint density at radius 3 is 2.77 bits per heavy atom. The van der Waals surface area contributed by atoms with E-state index in [0.29, 0.717) is 17.3 Å². The van der Waals surface area contributed by atoms with Gasteiger partial charge < -0.3 is 5.32 Å². The van der Waals surface area contributed by atoms with Crippen LogP contribution in [0.25, 0.3) is 0 Å². The van der Waals surface area contributed by atoms with E-state index in [9.17, 15) is 4.79 Å². The Balaban J connectivity index is 1.53. The summed E-state index contributed by atoms with van der Waals surface area (Å²) < 4.78 is 1.98. The number of aromatic nitrogens is 2. The summed E-state index contributed by atoms with van der Waals surface area (Å²) in [6.07, 6.45) is 7.60. The lowest BCUT2D eigenvalue weighted by Crippen LogP contribution is -2.45. The second kappa shape index (κ2) is 5.94. The monoisotopic (exact) mass is 304 g/mol. The van der Waals surface area contributed by atoms with E-state index < -0.39 is 0 Å². The third-order valence-corrected chi connectivity index (χ3v) is 5.57. The molecular formula is C17H28N4O. The summed E-state index contributed by atoms with van der Waals surface area (Å²) in [5.74, 6) is 1.50. The van der Waals surface area contributed by atoms with Crippen molar-refractivity contribution < 1.29 is 4.79 Å². The summed E-state index contributed by atoms with van der Waals surface area (Å²) in [7, 11) is 0. The van der Waals surface area contributed by atoms with E-state index in [4.69, 9.17) is 0 Å². The van der Waals surface area contributed by atoms with Crippen molar-refractivity contribution in [1.82, 2.24) is 15.1 Å². The standard InChI is InChI=1S/C17H28N4O/c1-4-12(2)21-13(3)10-15(20-21)19-16(22)18-11-17(8-5-9-17)14-6-7-14/h10,12,14H,4-9,11H2,1-3H3,(H2,18,19,20,22)/t12-/m0/s1. The number of aryl methyl sites for hydroxylation is 1. The molecule has 0 radical (unpaired) electrons. The minimum absolute atomic E-state index is 0.124. The lowest BCUT2D eigenvalue weighted by atomic mass is 9.65. The predicted molar refractivity (Wildman–Crippen MR) is 88.0 cm³/mol. The van der Waals surface area contributed by atoms with E-state index in [2.05, 4.69) is 29.6 Å². The van der Waals surface area contributed by atoms with Crippen LogP contribution in [0.2, 0.25) is 0 Å². The van der Waals surface area contributed by atoms with Gasteiger partial charge in [0.05, 0.1) is 0 Å². The molecule has 5 heteroatoms. The molecule has 1 aromatic heterocycles. The smallest absolute Gasteiger partial charge is 0.320 e. The minimum atomic E-state index is -0.124. The van der Waals surface area contributed by atoms with Crippen LogP contribution < -0.4 is 10.6 Å². The number of amides is 2. The fourth-order valence-electron chi connectivity index (χ4n) is 3.64. The molecule has 0 bridgehead atoms. The molecule has 0 spiro atoms. The van der Waals surface area contributed by atoms with Gasteiger partial charge in [-0.05, 0) is 57.3 Å². The number of nitrogens with zero attached hydrogens (tertiary/aromatic N) is 2. The van der Waals surface area contributed by atoms with Crippen LogP contribution in [0.3, 0.4) is 0 Å². The molecule has 0 aromatic carbocycles. The van der Waals surface area contributed by atoms with Crippen LogP contribution in [0.1, 0.15) is 64.1 Å². The summed E-state index contributed by atoms with van der Waals surface area (Å²) in [5, 5.41) is 10.4. The Kier molecular flexibility index (Phi) is 4.15. The van der Waals surface area contributed by atoms with Gasteiger partial charge in [0, 0.05) is 24.3 Å². The van der Waals surface area contributed by atoms with Crippen LogP contribution >= 0.6 is 0 Å². The third-order valence-electron chi connectivity index (χ3n) is 5.57. The number of anilines is 1. The van der Waals surface area contributed by atoms with Crippen molar-refractivity contribution in [3.05, 3.63) is 11.8 Å². The van der Waals surface area contributed by atoms with Crippen molar-refractivity contribution in [1.29, 1.82) is 0 Å². The Hall–Kier alpha value is -1.52. The molecule has 122 valence electrons. The lowest BCUT2D eigenvalue weighted by molar-refractivity contribution is 0.103. The first-order chi connectivity index (χ1) is 10.5. The molecule has 1 aromatic rings. The molecule has 2 aliphatic rings. The molecule has 0 unspecified atom stereocenters. The number of nitrogens with one attached hydrogen (secondary N) is 2. The average molecular weight is 304 g/mol. The quantitative estimate of drug-likeness (QED) is 0.838. The van der Waals surface area contributed by atoms with Crippen LogP contribution in [-0.2, 0) is 0 Å². The van der Waals surface area contributed by atoms with Crippen LogP contribution in [0.15, 0.2) is 6.07 Å². The molecule has 22 heavy (non-hydrogen) atoms. The first-order valence-corrected chi connectivity index (χ1v) is 8.65. The van der Waals surface area contributed by atoms with E-state index in [1.54, 1.807) is 0 Å². The molecule has 0 saturated heterocycles. The number of rotatable bonds is 6. The summed E-state index contributed by atoms with van der Waals surface area (Å²) in [4.78, 5) is 12.1. The maximum atomic E-state index is 12.1. The molecule has 2 amide bonds. The van der Waals surface area contributed by atoms with Gasteiger partial charge in [-0.15, -0.1) is 0 Å². The van der Waals surface area contributed by atoms with Gasteiger partial charge in [-0.2, -0.15) is 5.10 Å². The zero-order valence-electron chi connectivity index (χ0n) is 14.0. The number of carbonyl (C=O) groups excluding carboxylic acids is 1. The van der Waals surface area contributed by atoms with Crippen LogP contribution in [-0.4, -0.2) is 22.4 Å². The van der Waals surface area contributed by atoms with Crippen molar-refractivity contribution in [2.75, 3.05) is 11.9 Å². The van der Waals surface area contributed by atoms with Crippen LogP contribution in [0.4, 0.5) is 10.6 Å². The molecule has 2 fully saturated rings. The highest BCUT2D eigenvalue weighted by Crippen LogP contribution is 2.56. The van der Waals surface area contributed by atoms with Gasteiger partial charge in [0.1, 0.15) is 0 Å². The zero-order valence-corrected chi connectivity index (χ0v) is 14.0. The van der Waals surface area contributed by atoms with Crippen LogP contribution in [0, 0.1) is 18.3 Å². The van der Waals surface area contributed by atoms with Crippen molar-refractivity contribution in [3.63, 3.8) is 0 Å². The fraction of sp³-hybridized carbons (Fsp3) is 0.765. The Morgan fingerprint density at radius 2 is 2.23 bits per heavy atom. The fourth-order valence-corrected chi connectivity index (χ4v) is 3.64. The number of carbonyl (C=O) groups is 1. The van der Waals surface area contributed by atoms with Gasteiger partial charge in [0.25, 0.3) is 0 Å². The second-order valence-electron chi connectivity index (χ2n) is 7.17. The Bertz CT molecular complexity index is 543. The maximum Gasteiger partial charge on any atom is 0.320 e. The highest BCUT2D eigenvalue weighted by molar-refractivity contribution is 5.88. The molecule has 2 N–H and O–H groups in total. The van der Waals surface area contributed by atoms with E-state index in [1.807, 2.05) is 17.7 Å². The van der Waals surface area contributed by atoms with Crippen molar-refractivity contribution in [2.45, 2.75) is 65.3 Å². The summed E-state index contributed by atoms with van der Waals surface area (Å²) >= 11 is 0. The molecule has 5 nitrogen and oxygen atoms in total. The van der Waals surface area contributed by atoms with E-state index in [1.165, 1.54) is 32.1 Å². The second-order valence-corrected chi connectivity index (χ2v) is 7.17. The summed E-state index contributed by atoms with van der Waals surface area (Å²) in [6, 6.07) is 2.17. The predicted octanol–water partition coefficient (Wildman–Crippen LogP) is 3.86. The van der Waals surface area contributed by atoms with Crippen molar-refractivity contribution in [3.8, 4) is 0 Å². The number of urea groups is 1. The third kappa shape index (κ3) is 2.99. The molecule has 2 aliphatic carbocycles. The van der Waals surface area contributed by atoms with E-state index in [-0.39, 0.29) is 6.03 Å². The molecule has 2 saturated carbocycles. The Morgan fingerprint density at radius 1 is 1.50 bits per heavy atom. The highest BCUT2D eigenvalue weighted by Gasteiger charge is 2.48. The average Bonchev–Trinajstić information content (AvgIpc) is 3.21. The van der Waals surface area contributed by atoms with E-state index >= 15 is 0 Å². The SMILES string of the molecule is CC[C@H](C)n1nc(NC(=O)NCC2(C3CC3)CCC2)cc1C. The summed E-state index contributed by atoms with van der Waals surface area (Å²) in [5.41, 5.74) is 1.49.